The Morgan fingerprint density at radius 3 is 2.87 bits per heavy atom. The first kappa shape index (κ1) is 17.3. The average molecular weight is 347 g/mol. The molecule has 0 aliphatic carbocycles. The summed E-state index contributed by atoms with van der Waals surface area (Å²) in [4.78, 5) is 37.4. The third-order valence-electron chi connectivity index (χ3n) is 5.06. The molecule has 0 aromatic carbocycles. The summed E-state index contributed by atoms with van der Waals surface area (Å²) >= 11 is 1.24. The molecule has 7 nitrogen and oxygen atoms in total. The van der Waals surface area contributed by atoms with Crippen LogP contribution in [0.4, 0.5) is 0 Å². The van der Waals surface area contributed by atoms with Crippen molar-refractivity contribution in [2.45, 2.75) is 37.0 Å². The zero-order valence-corrected chi connectivity index (χ0v) is 12.6. The van der Waals surface area contributed by atoms with Crippen molar-refractivity contribution in [2.75, 3.05) is 12.3 Å². The Morgan fingerprint density at radius 2 is 2.22 bits per heavy atom. The fourth-order valence-corrected chi connectivity index (χ4v) is 4.98. The molecule has 4 heterocycles. The predicted molar refractivity (Wildman–Crippen MR) is 86.2 cm³/mol. The van der Waals surface area contributed by atoms with Crippen LogP contribution in [0.2, 0.25) is 0 Å². The second-order valence-electron chi connectivity index (χ2n) is 6.18. The first-order valence-corrected chi connectivity index (χ1v) is 8.48. The fourth-order valence-electron chi connectivity index (χ4n) is 4.05. The fraction of sp³-hybridized carbons (Fsp3) is 0.643. The van der Waals surface area contributed by atoms with Crippen LogP contribution in [-0.4, -0.2) is 93.0 Å². The topological polar surface area (TPSA) is 98.7 Å². The number of carbonyl (C=O) groups is 3. The van der Waals surface area contributed by atoms with E-state index in [-0.39, 0.29) is 58.4 Å². The Balaban J connectivity index is 0.00000156. The minimum absolute atomic E-state index is 0. The second kappa shape index (κ2) is 6.40. The summed E-state index contributed by atoms with van der Waals surface area (Å²) in [6.07, 6.45) is 3.09. The summed E-state index contributed by atoms with van der Waals surface area (Å²) < 4.78 is 0. The Morgan fingerprint density at radius 1 is 1.43 bits per heavy atom. The van der Waals surface area contributed by atoms with Crippen molar-refractivity contribution in [3.05, 3.63) is 11.8 Å². The molecule has 23 heavy (non-hydrogen) atoms. The summed E-state index contributed by atoms with van der Waals surface area (Å²) in [5.41, 5.74) is 0.216. The van der Waals surface area contributed by atoms with Crippen LogP contribution in [0, 0.1) is 5.92 Å². The number of nitrogens with one attached hydrogen (secondary N) is 2. The Labute approximate surface area is 159 Å². The van der Waals surface area contributed by atoms with Gasteiger partial charge in [0, 0.05) is 12.3 Å². The van der Waals surface area contributed by atoms with E-state index >= 15 is 0 Å². The van der Waals surface area contributed by atoms with Gasteiger partial charge in [0.2, 0.25) is 11.0 Å². The SMILES string of the molecule is O=C(O)C1=CCC2CNC3C(C(=O)N[C@H]4CCSC4=O)N1C23.[NaH]. The number of allylic oxidation sites excluding steroid dienone is 1. The van der Waals surface area contributed by atoms with Gasteiger partial charge in [0.05, 0.1) is 18.1 Å². The normalized spacial score (nSPS) is 37.4. The molecule has 120 valence electrons. The standard InChI is InChI=1S/C14H17N3O4S.Na.H/c18-12(16-7-3-4-22-14(7)21)11-9-10-6(5-15-9)1-2-8(13(19)20)17(10)11;;/h2,6-7,9-11,15H,1,3-5H2,(H,16,18)(H,19,20);;/t6?,7-,9?,10?,11?;;/m0../s1. The number of carboxylic acid groups (broad SMARTS) is 1. The third kappa shape index (κ3) is 2.64. The molecule has 4 unspecified atom stereocenters. The van der Waals surface area contributed by atoms with Gasteiger partial charge in [-0.1, -0.05) is 17.8 Å². The molecule has 4 rings (SSSR count). The van der Waals surface area contributed by atoms with Crippen LogP contribution < -0.4 is 10.6 Å². The quantitative estimate of drug-likeness (QED) is 0.535. The van der Waals surface area contributed by atoms with Crippen molar-refractivity contribution in [1.82, 2.24) is 15.5 Å². The van der Waals surface area contributed by atoms with Crippen molar-refractivity contribution in [2.24, 2.45) is 5.92 Å². The number of rotatable bonds is 3. The van der Waals surface area contributed by atoms with E-state index in [9.17, 15) is 19.5 Å². The molecule has 3 N–H and O–H groups in total. The Hall–Kier alpha value is -0.540. The summed E-state index contributed by atoms with van der Waals surface area (Å²) in [6, 6.07) is -0.899. The van der Waals surface area contributed by atoms with Crippen molar-refractivity contribution < 1.29 is 19.5 Å². The zero-order valence-electron chi connectivity index (χ0n) is 11.8. The maximum absolute atomic E-state index is 12.6. The third-order valence-corrected chi connectivity index (χ3v) is 6.07. The van der Waals surface area contributed by atoms with Gasteiger partial charge < -0.3 is 20.6 Å². The summed E-state index contributed by atoms with van der Waals surface area (Å²) in [7, 11) is 0. The van der Waals surface area contributed by atoms with E-state index in [0.29, 0.717) is 12.3 Å². The van der Waals surface area contributed by atoms with E-state index < -0.39 is 18.1 Å². The van der Waals surface area contributed by atoms with E-state index in [0.717, 1.165) is 18.7 Å². The molecule has 3 fully saturated rings. The van der Waals surface area contributed by atoms with E-state index in [1.165, 1.54) is 11.8 Å². The minimum atomic E-state index is -0.992. The van der Waals surface area contributed by atoms with Gasteiger partial charge in [-0.15, -0.1) is 0 Å². The zero-order chi connectivity index (χ0) is 15.4. The van der Waals surface area contributed by atoms with Gasteiger partial charge in [-0.25, -0.2) is 4.79 Å². The molecule has 4 aliphatic rings. The molecule has 0 saturated carbocycles. The average Bonchev–Trinajstić information content (AvgIpc) is 3.02. The molecule has 0 aromatic heterocycles. The van der Waals surface area contributed by atoms with Crippen LogP contribution in [0.5, 0.6) is 0 Å². The predicted octanol–water partition coefficient (Wildman–Crippen LogP) is -1.50. The van der Waals surface area contributed by atoms with Crippen LogP contribution in [0.3, 0.4) is 0 Å². The van der Waals surface area contributed by atoms with Crippen LogP contribution in [-0.2, 0) is 14.4 Å². The van der Waals surface area contributed by atoms with E-state index in [1.807, 2.05) is 0 Å². The van der Waals surface area contributed by atoms with Gasteiger partial charge in [0.15, 0.2) is 0 Å². The van der Waals surface area contributed by atoms with Crippen molar-refractivity contribution in [3.8, 4) is 0 Å². The molecule has 0 spiro atoms. The number of nitrogens with zero attached hydrogens (tertiary/aromatic N) is 1. The Bertz CT molecular complexity index is 599. The van der Waals surface area contributed by atoms with Gasteiger partial charge in [0.25, 0.3) is 0 Å². The van der Waals surface area contributed by atoms with Crippen molar-refractivity contribution in [3.63, 3.8) is 0 Å². The molecule has 3 saturated heterocycles. The summed E-state index contributed by atoms with van der Waals surface area (Å²) in [5.74, 6) is -0.149. The van der Waals surface area contributed by atoms with Crippen LogP contribution >= 0.6 is 11.8 Å². The van der Waals surface area contributed by atoms with Crippen LogP contribution in [0.15, 0.2) is 11.8 Å². The summed E-state index contributed by atoms with van der Waals surface area (Å²) in [6.45, 7) is 0.803. The first-order chi connectivity index (χ1) is 10.6. The van der Waals surface area contributed by atoms with Crippen LogP contribution in [0.25, 0.3) is 0 Å². The van der Waals surface area contributed by atoms with Crippen molar-refractivity contribution in [1.29, 1.82) is 0 Å². The Kier molecular flexibility index (Phi) is 4.81. The molecular weight excluding hydrogens is 329 g/mol. The number of thioether (sulfide) groups is 1. The molecular formula is C14H18N3NaO4S. The second-order valence-corrected chi connectivity index (χ2v) is 7.28. The number of aliphatic carboxylic acids is 1. The summed E-state index contributed by atoms with van der Waals surface area (Å²) in [5, 5.41) is 15.5. The van der Waals surface area contributed by atoms with Gasteiger partial charge in [0.1, 0.15) is 11.7 Å². The molecule has 0 bridgehead atoms. The first-order valence-electron chi connectivity index (χ1n) is 7.50. The maximum atomic E-state index is 12.6. The van der Waals surface area contributed by atoms with E-state index in [1.54, 1.807) is 11.0 Å². The molecule has 4 aliphatic heterocycles. The van der Waals surface area contributed by atoms with Crippen LogP contribution in [0.1, 0.15) is 12.8 Å². The van der Waals surface area contributed by atoms with Gasteiger partial charge in [-0.3, -0.25) is 9.59 Å². The van der Waals surface area contributed by atoms with Gasteiger partial charge >= 0.3 is 35.5 Å². The van der Waals surface area contributed by atoms with Gasteiger partial charge in [-0.2, -0.15) is 0 Å². The monoisotopic (exact) mass is 347 g/mol. The van der Waals surface area contributed by atoms with E-state index in [2.05, 4.69) is 10.6 Å². The number of hydrogen-bond acceptors (Lipinski definition) is 6. The molecule has 5 atom stereocenters. The molecule has 1 amide bonds. The number of carbonyl (C=O) groups excluding carboxylic acids is 2. The number of amides is 1. The molecule has 9 heteroatoms. The van der Waals surface area contributed by atoms with Crippen molar-refractivity contribution >= 4 is 58.3 Å². The molecule has 0 radical (unpaired) electrons. The molecule has 0 aromatic rings. The van der Waals surface area contributed by atoms with Gasteiger partial charge in [-0.05, 0) is 18.8 Å². The number of hydrogen-bond donors (Lipinski definition) is 3. The van der Waals surface area contributed by atoms with E-state index in [4.69, 9.17) is 0 Å². The number of carboxylic acids is 1.